The Balaban J connectivity index is 1.02. The van der Waals surface area contributed by atoms with Crippen LogP contribution in [0.3, 0.4) is 0 Å². The van der Waals surface area contributed by atoms with Gasteiger partial charge in [0.15, 0.2) is 49.2 Å². The Labute approximate surface area is 550 Å². The van der Waals surface area contributed by atoms with E-state index < -0.39 is 142 Å². The number of benzene rings is 8. The molecule has 2 aliphatic rings. The lowest BCUT2D eigenvalue weighted by atomic mass is 9.97. The maximum absolute atomic E-state index is 14.4. The highest BCUT2D eigenvalue weighted by Crippen LogP contribution is 2.35. The van der Waals surface area contributed by atoms with Crippen molar-refractivity contribution in [2.75, 3.05) is 33.0 Å². The highest BCUT2D eigenvalue weighted by molar-refractivity contribution is 7.78. The Kier molecular flexibility index (Phi) is 23.8. The van der Waals surface area contributed by atoms with E-state index in [9.17, 15) is 38.4 Å². The second kappa shape index (κ2) is 33.6. The molecule has 0 aromatic heterocycles. The Morgan fingerprint density at radius 3 is 0.789 bits per heavy atom. The molecule has 0 N–H and O–H groups in total. The Morgan fingerprint density at radius 2 is 0.547 bits per heavy atom. The van der Waals surface area contributed by atoms with Gasteiger partial charge < -0.3 is 56.8 Å². The van der Waals surface area contributed by atoms with Gasteiger partial charge in [-0.05, 0) is 109 Å². The van der Waals surface area contributed by atoms with E-state index >= 15 is 0 Å². The zero-order chi connectivity index (χ0) is 66.3. The van der Waals surface area contributed by atoms with Crippen molar-refractivity contribution in [2.24, 2.45) is 10.9 Å². The van der Waals surface area contributed by atoms with Crippen LogP contribution in [0.25, 0.3) is 0 Å². The van der Waals surface area contributed by atoms with Gasteiger partial charge in [0.1, 0.15) is 25.4 Å². The first kappa shape index (κ1) is 67.1. The van der Waals surface area contributed by atoms with Gasteiger partial charge in [-0.2, -0.15) is 0 Å². The van der Waals surface area contributed by atoms with Crippen LogP contribution in [0.1, 0.15) is 82.9 Å². The van der Waals surface area contributed by atoms with Crippen molar-refractivity contribution < 1.29 is 95.2 Å². The summed E-state index contributed by atoms with van der Waals surface area (Å²) in [5.74, 6) is -8.26. The molecule has 0 radical (unpaired) electrons. The fourth-order valence-electron chi connectivity index (χ4n) is 10.1. The monoisotopic (exact) mass is 1300 g/mol. The highest BCUT2D eigenvalue weighted by atomic mass is 32.1. The summed E-state index contributed by atoms with van der Waals surface area (Å²) < 4.78 is 75.6. The van der Waals surface area contributed by atoms with Gasteiger partial charge in [-0.1, -0.05) is 146 Å². The Hall–Kier alpha value is -10.8. The summed E-state index contributed by atoms with van der Waals surface area (Å²) >= 11 is 5.05. The molecule has 0 spiro atoms. The largest absolute Gasteiger partial charge is 0.459 e. The molecule has 2 saturated heterocycles. The first-order valence-electron chi connectivity index (χ1n) is 30.0. The van der Waals surface area contributed by atoms with E-state index in [1.807, 2.05) is 0 Å². The topological polar surface area (TPSA) is 260 Å². The third-order valence-corrected chi connectivity index (χ3v) is 15.0. The van der Waals surface area contributed by atoms with Crippen LogP contribution < -0.4 is 0 Å². The molecule has 2 aliphatic heterocycles. The van der Waals surface area contributed by atoms with Crippen LogP contribution in [0.2, 0.25) is 0 Å². The Bertz CT molecular complexity index is 3660. The molecule has 0 amide bonds. The number of carbonyl (C=O) groups excluding carboxylic acids is 8. The fourth-order valence-corrected chi connectivity index (χ4v) is 10.2. The van der Waals surface area contributed by atoms with E-state index in [4.69, 9.17) is 69.1 Å². The quantitative estimate of drug-likeness (QED) is 0.0211. The minimum absolute atomic E-state index is 0.0469. The highest BCUT2D eigenvalue weighted by Gasteiger charge is 2.56. The number of nitrogens with zero attached hydrogens (tertiary/aromatic N) is 1. The molecule has 8 aromatic carbocycles. The molecule has 484 valence electrons. The minimum Gasteiger partial charge on any atom is -0.459 e. The van der Waals surface area contributed by atoms with E-state index in [1.165, 1.54) is 97.1 Å². The summed E-state index contributed by atoms with van der Waals surface area (Å²) in [6.45, 7) is -2.55. The van der Waals surface area contributed by atoms with Gasteiger partial charge in [0.25, 0.3) is 0 Å². The van der Waals surface area contributed by atoms with Crippen LogP contribution in [0, 0.1) is 5.92 Å². The molecule has 95 heavy (non-hydrogen) atoms. The summed E-state index contributed by atoms with van der Waals surface area (Å²) in [7, 11) is 0. The average molecular weight is 1300 g/mol. The van der Waals surface area contributed by atoms with Gasteiger partial charge in [-0.25, -0.2) is 43.3 Å². The summed E-state index contributed by atoms with van der Waals surface area (Å²) in [4.78, 5) is 118. The van der Waals surface area contributed by atoms with Gasteiger partial charge >= 0.3 is 47.8 Å². The van der Waals surface area contributed by atoms with Crippen LogP contribution in [0.15, 0.2) is 248 Å². The first-order chi connectivity index (χ1) is 46.4. The smallest absolute Gasteiger partial charge is 0.338 e. The number of isothiocyanates is 1. The molecule has 0 bridgehead atoms. The number of carbonyl (C=O) groups is 8. The average Bonchev–Trinajstić information content (AvgIpc) is 0.794. The van der Waals surface area contributed by atoms with Gasteiger partial charge in [-0.3, -0.25) is 0 Å². The predicted octanol–water partition coefficient (Wildman–Crippen LogP) is 10.3. The van der Waals surface area contributed by atoms with Gasteiger partial charge in [0.05, 0.1) is 69.4 Å². The molecule has 2 heterocycles. The second-order valence-corrected chi connectivity index (χ2v) is 21.6. The third-order valence-electron chi connectivity index (χ3n) is 14.9. The van der Waals surface area contributed by atoms with Gasteiger partial charge in [0, 0.05) is 5.92 Å². The van der Waals surface area contributed by atoms with Crippen LogP contribution in [0.5, 0.6) is 0 Å². The maximum Gasteiger partial charge on any atom is 0.338 e. The van der Waals surface area contributed by atoms with Crippen molar-refractivity contribution in [3.63, 3.8) is 0 Å². The molecule has 22 heteroatoms. The summed E-state index contributed by atoms with van der Waals surface area (Å²) in [5, 5.41) is 2.33. The molecule has 8 aromatic rings. The van der Waals surface area contributed by atoms with E-state index in [1.54, 1.807) is 146 Å². The third kappa shape index (κ3) is 18.3. The lowest BCUT2D eigenvalue weighted by Gasteiger charge is -2.45. The van der Waals surface area contributed by atoms with Crippen molar-refractivity contribution in [3.05, 3.63) is 287 Å². The maximum atomic E-state index is 14.4. The number of aliphatic imine (C=N–C) groups is 1. The number of hydrogen-bond donors (Lipinski definition) is 0. The van der Waals surface area contributed by atoms with Gasteiger partial charge in [-0.15, -0.1) is 0 Å². The van der Waals surface area contributed by atoms with Crippen molar-refractivity contribution in [1.29, 1.82) is 0 Å². The lowest BCUT2D eigenvalue weighted by molar-refractivity contribution is -0.309. The van der Waals surface area contributed by atoms with Crippen LogP contribution >= 0.6 is 12.2 Å². The predicted molar refractivity (Wildman–Crippen MR) is 340 cm³/mol. The van der Waals surface area contributed by atoms with E-state index in [2.05, 4.69) is 10.2 Å². The zero-order valence-corrected chi connectivity index (χ0v) is 51.3. The normalized spacial score (nSPS) is 20.7. The number of ether oxygens (including phenoxy) is 12. The molecular formula is C73H61NO20S. The molecule has 2 fully saturated rings. The lowest BCUT2D eigenvalue weighted by Crippen LogP contribution is -2.63. The van der Waals surface area contributed by atoms with Crippen molar-refractivity contribution >= 4 is 65.1 Å². The minimum atomic E-state index is -1.81. The SMILES string of the molecule is O=C(OC[C@H]1O[C@H](OCC(CN=C=S)CO[C@H]2O[C@H](COC(=O)c3ccccc3)[C@@H](OC(=O)c3ccccc3)[C@H](OC(=O)c3ccccc3)[C@@H]2OC(=O)c2ccccc2)[C@@H](OC(=O)c2ccccc2)[C@@H](OC(=O)c2ccccc2)[C@@H]1OC(=O)c1ccccc1)c1ccccc1. The van der Waals surface area contributed by atoms with Gasteiger partial charge in [0.2, 0.25) is 0 Å². The van der Waals surface area contributed by atoms with Crippen molar-refractivity contribution in [3.8, 4) is 0 Å². The molecule has 0 aliphatic carbocycles. The summed E-state index contributed by atoms with van der Waals surface area (Å²) in [6.07, 6.45) is -17.3. The van der Waals surface area contributed by atoms with Crippen molar-refractivity contribution in [2.45, 2.75) is 61.4 Å². The molecular weight excluding hydrogens is 1240 g/mol. The summed E-state index contributed by atoms with van der Waals surface area (Å²) in [5.41, 5.74) is 0.639. The van der Waals surface area contributed by atoms with E-state index in [-0.39, 0.29) is 51.1 Å². The zero-order valence-electron chi connectivity index (χ0n) is 50.5. The van der Waals surface area contributed by atoms with E-state index in [0.29, 0.717) is 0 Å². The number of hydrogen-bond acceptors (Lipinski definition) is 22. The van der Waals surface area contributed by atoms with E-state index in [0.717, 1.165) is 0 Å². The fraction of sp³-hybridized carbons (Fsp3) is 0.219. The first-order valence-corrected chi connectivity index (χ1v) is 30.4. The summed E-state index contributed by atoms with van der Waals surface area (Å²) in [6, 6.07) is 62.9. The Morgan fingerprint density at radius 1 is 0.326 bits per heavy atom. The molecule has 0 unspecified atom stereocenters. The number of esters is 8. The standard InChI is InChI=1S/C73H61NO20S/c75-64(48-25-9-1-10-26-48)83-44-56-58(89-66(77)50-29-13-3-14-30-50)60(91-68(79)52-33-17-5-18-34-52)62(93-70(81)54-37-21-7-22-38-54)72(87-56)85-42-47(41-74-46-95)43-86-73-63(94-71(82)55-39-23-8-24-40-55)61(92-69(80)53-35-19-6-20-36-53)59(90-67(78)51-31-15-4-16-32-51)57(88-73)45-84-65(76)49-27-11-2-12-28-49/h1-40,47,56-63,72-73H,41-45H2/t56-,57-,58-,59-,60+,61+,62+,63+,72+,73+/m1/s1. The van der Waals surface area contributed by atoms with Crippen LogP contribution in [-0.2, 0) is 56.8 Å². The number of rotatable bonds is 26. The molecule has 10 atom stereocenters. The molecule has 10 rings (SSSR count). The van der Waals surface area contributed by atoms with Crippen LogP contribution in [-0.4, -0.2) is 147 Å². The second-order valence-electron chi connectivity index (χ2n) is 21.4. The molecule has 21 nitrogen and oxygen atoms in total. The molecule has 0 saturated carbocycles. The van der Waals surface area contributed by atoms with Crippen LogP contribution in [0.4, 0.5) is 0 Å². The number of thiocarbonyl (C=S) groups is 1. The van der Waals surface area contributed by atoms with Crippen molar-refractivity contribution in [1.82, 2.24) is 0 Å².